The summed E-state index contributed by atoms with van der Waals surface area (Å²) < 4.78 is 0.751. The van der Waals surface area contributed by atoms with Crippen molar-refractivity contribution in [2.45, 2.75) is 32.6 Å². The Bertz CT molecular complexity index is 1080. The van der Waals surface area contributed by atoms with Crippen molar-refractivity contribution in [1.82, 2.24) is 4.98 Å². The van der Waals surface area contributed by atoms with Crippen molar-refractivity contribution >= 4 is 37.6 Å². The molecule has 4 aromatic rings. The lowest BCUT2D eigenvalue weighted by Gasteiger charge is -2.08. The first-order valence-corrected chi connectivity index (χ1v) is 9.99. The molecule has 1 heterocycles. The van der Waals surface area contributed by atoms with Crippen LogP contribution in [0, 0.1) is 0 Å². The number of aryl methyl sites for hydroxylation is 1. The van der Waals surface area contributed by atoms with Gasteiger partial charge in [0.15, 0.2) is 0 Å². The molecule has 0 fully saturated rings. The quantitative estimate of drug-likeness (QED) is 0.337. The highest BCUT2D eigenvalue weighted by Crippen LogP contribution is 2.37. The summed E-state index contributed by atoms with van der Waals surface area (Å²) in [5.41, 5.74) is 5.01. The van der Waals surface area contributed by atoms with Crippen molar-refractivity contribution in [3.8, 4) is 17.0 Å². The zero-order valence-electron chi connectivity index (χ0n) is 14.8. The summed E-state index contributed by atoms with van der Waals surface area (Å²) in [4.78, 5) is 3.64. The first-order valence-electron chi connectivity index (χ1n) is 9.20. The Morgan fingerprint density at radius 2 is 1.81 bits per heavy atom. The average molecular weight is 408 g/mol. The standard InChI is InChI=1S/C23H22BrNO/c1-2-3-4-8-19-18-7-5-6-9-20(18)25-23(19)16-10-12-17-15(14-16)11-13-21(26)22(17)24/h5-7,9-14,25-26H,2-4,8H2,1H3. The summed E-state index contributed by atoms with van der Waals surface area (Å²) in [6.45, 7) is 2.24. The highest BCUT2D eigenvalue weighted by molar-refractivity contribution is 9.10. The molecule has 1 aromatic heterocycles. The van der Waals surface area contributed by atoms with Gasteiger partial charge in [-0.3, -0.25) is 0 Å². The number of H-pyrrole nitrogens is 1. The van der Waals surface area contributed by atoms with Crippen molar-refractivity contribution in [2.24, 2.45) is 0 Å². The molecule has 0 saturated heterocycles. The smallest absolute Gasteiger partial charge is 0.130 e. The Labute approximate surface area is 162 Å². The second-order valence-corrected chi connectivity index (χ2v) is 7.61. The number of benzene rings is 3. The summed E-state index contributed by atoms with van der Waals surface area (Å²) in [5.74, 6) is 0.274. The summed E-state index contributed by atoms with van der Waals surface area (Å²) in [6.07, 6.45) is 4.77. The molecule has 3 heteroatoms. The predicted molar refractivity (Wildman–Crippen MR) is 114 cm³/mol. The van der Waals surface area contributed by atoms with Gasteiger partial charge in [0.25, 0.3) is 0 Å². The van der Waals surface area contributed by atoms with Crippen LogP contribution in [0.1, 0.15) is 31.7 Å². The van der Waals surface area contributed by atoms with E-state index in [1.807, 2.05) is 6.07 Å². The minimum absolute atomic E-state index is 0.274. The third kappa shape index (κ3) is 3.01. The third-order valence-electron chi connectivity index (χ3n) is 5.07. The molecule has 0 bridgehead atoms. The molecule has 2 N–H and O–H groups in total. The van der Waals surface area contributed by atoms with E-state index in [0.717, 1.165) is 21.7 Å². The van der Waals surface area contributed by atoms with Crippen LogP contribution in [0.15, 0.2) is 59.1 Å². The maximum Gasteiger partial charge on any atom is 0.130 e. The molecule has 0 atom stereocenters. The number of phenols is 1. The van der Waals surface area contributed by atoms with Crippen LogP contribution < -0.4 is 0 Å². The molecule has 0 saturated carbocycles. The molecule has 0 aliphatic carbocycles. The van der Waals surface area contributed by atoms with E-state index in [-0.39, 0.29) is 5.75 Å². The van der Waals surface area contributed by atoms with Gasteiger partial charge in [-0.05, 0) is 68.9 Å². The topological polar surface area (TPSA) is 36.0 Å². The van der Waals surface area contributed by atoms with Crippen LogP contribution in [0.2, 0.25) is 0 Å². The van der Waals surface area contributed by atoms with E-state index in [2.05, 4.69) is 70.3 Å². The van der Waals surface area contributed by atoms with Gasteiger partial charge < -0.3 is 10.1 Å². The Morgan fingerprint density at radius 1 is 0.962 bits per heavy atom. The van der Waals surface area contributed by atoms with Gasteiger partial charge in [0.2, 0.25) is 0 Å². The zero-order chi connectivity index (χ0) is 18.1. The number of phenolic OH excluding ortho intramolecular Hbond substituents is 1. The summed E-state index contributed by atoms with van der Waals surface area (Å²) in [5, 5.41) is 13.4. The van der Waals surface area contributed by atoms with Gasteiger partial charge in [-0.15, -0.1) is 0 Å². The zero-order valence-corrected chi connectivity index (χ0v) is 16.4. The molecule has 0 aliphatic heterocycles. The first kappa shape index (κ1) is 17.2. The highest BCUT2D eigenvalue weighted by atomic mass is 79.9. The number of aromatic nitrogens is 1. The average Bonchev–Trinajstić information content (AvgIpc) is 3.04. The van der Waals surface area contributed by atoms with E-state index < -0.39 is 0 Å². The van der Waals surface area contributed by atoms with Crippen LogP contribution in [0.4, 0.5) is 0 Å². The van der Waals surface area contributed by atoms with Gasteiger partial charge in [-0.25, -0.2) is 0 Å². The lowest BCUT2D eigenvalue weighted by atomic mass is 9.98. The van der Waals surface area contributed by atoms with Crippen molar-refractivity contribution < 1.29 is 5.11 Å². The van der Waals surface area contributed by atoms with E-state index in [4.69, 9.17) is 0 Å². The number of halogens is 1. The van der Waals surface area contributed by atoms with E-state index in [1.54, 1.807) is 6.07 Å². The van der Waals surface area contributed by atoms with Crippen LogP contribution >= 0.6 is 15.9 Å². The molecule has 3 aromatic carbocycles. The van der Waals surface area contributed by atoms with E-state index in [0.29, 0.717) is 0 Å². The fourth-order valence-corrected chi connectivity index (χ4v) is 4.19. The Morgan fingerprint density at radius 3 is 2.65 bits per heavy atom. The summed E-state index contributed by atoms with van der Waals surface area (Å²) in [7, 11) is 0. The number of unbranched alkanes of at least 4 members (excludes halogenated alkanes) is 2. The normalized spacial score (nSPS) is 11.5. The van der Waals surface area contributed by atoms with Crippen molar-refractivity contribution in [1.29, 1.82) is 0 Å². The highest BCUT2D eigenvalue weighted by Gasteiger charge is 2.14. The van der Waals surface area contributed by atoms with E-state index in [9.17, 15) is 5.11 Å². The summed E-state index contributed by atoms with van der Waals surface area (Å²) >= 11 is 3.49. The van der Waals surface area contributed by atoms with Gasteiger partial charge in [0.05, 0.1) is 4.47 Å². The van der Waals surface area contributed by atoms with Crippen LogP contribution in [0.25, 0.3) is 32.9 Å². The number of fused-ring (bicyclic) bond motifs is 2. The van der Waals surface area contributed by atoms with Crippen LogP contribution in [-0.2, 0) is 6.42 Å². The molecule has 0 amide bonds. The number of hydrogen-bond acceptors (Lipinski definition) is 1. The molecule has 132 valence electrons. The van der Waals surface area contributed by atoms with E-state index >= 15 is 0 Å². The fourth-order valence-electron chi connectivity index (χ4n) is 3.69. The number of para-hydroxylation sites is 1. The van der Waals surface area contributed by atoms with Crippen molar-refractivity contribution in [3.63, 3.8) is 0 Å². The second kappa shape index (κ2) is 7.16. The Kier molecular flexibility index (Phi) is 4.73. The second-order valence-electron chi connectivity index (χ2n) is 6.82. The largest absolute Gasteiger partial charge is 0.507 e. The van der Waals surface area contributed by atoms with Gasteiger partial charge in [0, 0.05) is 16.6 Å². The molecular weight excluding hydrogens is 386 g/mol. The number of aromatic amines is 1. The molecular formula is C23H22BrNO. The number of hydrogen-bond donors (Lipinski definition) is 2. The lowest BCUT2D eigenvalue weighted by molar-refractivity contribution is 0.473. The van der Waals surface area contributed by atoms with Crippen molar-refractivity contribution in [3.05, 3.63) is 64.6 Å². The van der Waals surface area contributed by atoms with Gasteiger partial charge in [-0.2, -0.15) is 0 Å². The molecule has 4 rings (SSSR count). The number of rotatable bonds is 5. The van der Waals surface area contributed by atoms with Gasteiger partial charge >= 0.3 is 0 Å². The van der Waals surface area contributed by atoms with Gasteiger partial charge in [0.1, 0.15) is 5.75 Å². The molecule has 26 heavy (non-hydrogen) atoms. The minimum atomic E-state index is 0.274. The number of aromatic hydroxyl groups is 1. The first-order chi connectivity index (χ1) is 12.7. The minimum Gasteiger partial charge on any atom is -0.507 e. The SMILES string of the molecule is CCCCCc1c(-c2ccc3c(Br)c(O)ccc3c2)[nH]c2ccccc12. The van der Waals surface area contributed by atoms with E-state index in [1.165, 1.54) is 47.0 Å². The Balaban J connectivity index is 1.86. The van der Waals surface area contributed by atoms with Crippen molar-refractivity contribution in [2.75, 3.05) is 0 Å². The monoisotopic (exact) mass is 407 g/mol. The third-order valence-corrected chi connectivity index (χ3v) is 5.90. The maximum absolute atomic E-state index is 9.91. The number of nitrogens with one attached hydrogen (secondary N) is 1. The fraction of sp³-hybridized carbons (Fsp3) is 0.217. The molecule has 0 spiro atoms. The maximum atomic E-state index is 9.91. The molecule has 0 aliphatic rings. The van der Waals surface area contributed by atoms with Crippen LogP contribution in [0.3, 0.4) is 0 Å². The predicted octanol–water partition coefficient (Wildman–Crippen LogP) is 7.19. The lowest BCUT2D eigenvalue weighted by Crippen LogP contribution is -1.89. The molecule has 0 radical (unpaired) electrons. The van der Waals surface area contributed by atoms with Crippen LogP contribution in [0.5, 0.6) is 5.75 Å². The van der Waals surface area contributed by atoms with Gasteiger partial charge in [-0.1, -0.05) is 56.2 Å². The Hall–Kier alpha value is -2.26. The molecule has 2 nitrogen and oxygen atoms in total. The van der Waals surface area contributed by atoms with Crippen LogP contribution in [-0.4, -0.2) is 10.1 Å². The summed E-state index contributed by atoms with van der Waals surface area (Å²) in [6, 6.07) is 18.7. The molecule has 0 unspecified atom stereocenters.